The number of rotatable bonds is 7. The summed E-state index contributed by atoms with van der Waals surface area (Å²) in [4.78, 5) is 23.3. The number of benzene rings is 1. The molecule has 0 spiro atoms. The van der Waals surface area contributed by atoms with E-state index in [9.17, 15) is 9.59 Å². The molecule has 0 saturated heterocycles. The summed E-state index contributed by atoms with van der Waals surface area (Å²) in [5.41, 5.74) is 1.59. The van der Waals surface area contributed by atoms with Gasteiger partial charge >= 0.3 is 5.97 Å². The first-order chi connectivity index (χ1) is 13.0. The van der Waals surface area contributed by atoms with Gasteiger partial charge in [0.1, 0.15) is 11.8 Å². The van der Waals surface area contributed by atoms with Crippen LogP contribution in [0.4, 0.5) is 5.69 Å². The molecule has 0 fully saturated rings. The van der Waals surface area contributed by atoms with E-state index in [2.05, 4.69) is 15.5 Å². The minimum Gasteiger partial charge on any atom is -0.497 e. The van der Waals surface area contributed by atoms with E-state index in [0.717, 1.165) is 11.3 Å². The molecule has 9 heteroatoms. The van der Waals surface area contributed by atoms with Gasteiger partial charge in [0.25, 0.3) is 0 Å². The van der Waals surface area contributed by atoms with Crippen molar-refractivity contribution >= 4 is 17.6 Å². The Hall–Kier alpha value is -3.62. The molecule has 1 unspecified atom stereocenters. The molecular formula is C18H19N5O4. The van der Waals surface area contributed by atoms with Crippen molar-refractivity contribution in [1.82, 2.24) is 19.6 Å². The number of hydrogen-bond acceptors (Lipinski definition) is 5. The summed E-state index contributed by atoms with van der Waals surface area (Å²) in [6, 6.07) is 6.98. The zero-order valence-electron chi connectivity index (χ0n) is 14.9. The summed E-state index contributed by atoms with van der Waals surface area (Å²) in [5.74, 6) is -0.648. The van der Waals surface area contributed by atoms with E-state index in [1.165, 1.54) is 17.1 Å². The summed E-state index contributed by atoms with van der Waals surface area (Å²) < 4.78 is 8.21. The predicted octanol–water partition coefficient (Wildman–Crippen LogP) is 2.03. The van der Waals surface area contributed by atoms with Gasteiger partial charge in [-0.2, -0.15) is 10.2 Å². The number of aromatic nitrogens is 4. The molecule has 3 aromatic rings. The smallest absolute Gasteiger partial charge is 0.338 e. The van der Waals surface area contributed by atoms with Crippen LogP contribution in [0.3, 0.4) is 0 Å². The van der Waals surface area contributed by atoms with Crippen LogP contribution in [0.15, 0.2) is 49.1 Å². The Morgan fingerprint density at radius 3 is 2.78 bits per heavy atom. The zero-order valence-corrected chi connectivity index (χ0v) is 14.9. The Balaban J connectivity index is 1.63. The minimum atomic E-state index is -1.09. The second-order valence-electron chi connectivity index (χ2n) is 5.96. The first-order valence-electron chi connectivity index (χ1n) is 8.20. The van der Waals surface area contributed by atoms with Crippen molar-refractivity contribution in [2.24, 2.45) is 0 Å². The van der Waals surface area contributed by atoms with Gasteiger partial charge in [-0.1, -0.05) is 12.1 Å². The molecule has 0 bridgehead atoms. The molecule has 9 nitrogen and oxygen atoms in total. The van der Waals surface area contributed by atoms with Gasteiger partial charge in [-0.05, 0) is 24.6 Å². The number of hydrogen-bond donors (Lipinski definition) is 2. The lowest BCUT2D eigenvalue weighted by atomic mass is 10.2. The Kier molecular flexibility index (Phi) is 5.20. The third-order valence-electron chi connectivity index (χ3n) is 4.00. The van der Waals surface area contributed by atoms with E-state index < -0.39 is 12.0 Å². The third-order valence-corrected chi connectivity index (χ3v) is 4.00. The molecular weight excluding hydrogens is 350 g/mol. The Morgan fingerprint density at radius 2 is 2.07 bits per heavy atom. The molecule has 2 heterocycles. The van der Waals surface area contributed by atoms with Gasteiger partial charge in [0.15, 0.2) is 0 Å². The number of methoxy groups -OCH3 is 1. The van der Waals surface area contributed by atoms with Crippen molar-refractivity contribution in [3.63, 3.8) is 0 Å². The number of amides is 1. The molecule has 27 heavy (non-hydrogen) atoms. The summed E-state index contributed by atoms with van der Waals surface area (Å²) in [6.45, 7) is 2.17. The van der Waals surface area contributed by atoms with Crippen LogP contribution in [0.2, 0.25) is 0 Å². The van der Waals surface area contributed by atoms with Crippen LogP contribution in [-0.2, 0) is 11.3 Å². The largest absolute Gasteiger partial charge is 0.497 e. The van der Waals surface area contributed by atoms with E-state index >= 15 is 0 Å². The molecule has 0 aliphatic rings. The molecule has 3 rings (SSSR count). The number of carbonyl (C=O) groups excluding carboxylic acids is 1. The number of aromatic carboxylic acids is 1. The number of carboxylic acid groups (broad SMARTS) is 1. The summed E-state index contributed by atoms with van der Waals surface area (Å²) >= 11 is 0. The maximum atomic E-state index is 12.4. The van der Waals surface area contributed by atoms with Gasteiger partial charge in [-0.25, -0.2) is 4.79 Å². The molecule has 1 aromatic carbocycles. The monoisotopic (exact) mass is 369 g/mol. The van der Waals surface area contributed by atoms with Crippen molar-refractivity contribution in [3.05, 3.63) is 60.2 Å². The molecule has 140 valence electrons. The number of nitrogens with one attached hydrogen (secondary N) is 1. The van der Waals surface area contributed by atoms with Crippen molar-refractivity contribution in [1.29, 1.82) is 0 Å². The molecule has 1 amide bonds. The number of nitrogens with zero attached hydrogens (tertiary/aromatic N) is 4. The lowest BCUT2D eigenvalue weighted by Crippen LogP contribution is -2.23. The molecule has 2 aromatic heterocycles. The quantitative estimate of drug-likeness (QED) is 0.659. The maximum Gasteiger partial charge on any atom is 0.338 e. The maximum absolute atomic E-state index is 12.4. The molecule has 2 N–H and O–H groups in total. The normalized spacial score (nSPS) is 11.8. The van der Waals surface area contributed by atoms with Crippen LogP contribution in [0, 0.1) is 0 Å². The highest BCUT2D eigenvalue weighted by Crippen LogP contribution is 2.15. The predicted molar refractivity (Wildman–Crippen MR) is 96.9 cm³/mol. The van der Waals surface area contributed by atoms with E-state index in [1.807, 2.05) is 24.3 Å². The van der Waals surface area contributed by atoms with Crippen molar-refractivity contribution in [3.8, 4) is 5.75 Å². The number of anilines is 1. The van der Waals surface area contributed by atoms with E-state index in [1.54, 1.807) is 31.1 Å². The van der Waals surface area contributed by atoms with Gasteiger partial charge in [0.2, 0.25) is 5.91 Å². The standard InChI is InChI=1S/C18H19N5O4/c1-12(23-10-14(7-20-23)18(25)26)17(24)21-15-8-19-22(11-15)9-13-4-3-5-16(6-13)27-2/h3-8,10-12H,9H2,1-2H3,(H,21,24)(H,25,26). The average Bonchev–Trinajstić information content (AvgIpc) is 3.31. The number of carbonyl (C=O) groups is 2. The Labute approximate surface area is 155 Å². The number of ether oxygens (including phenoxy) is 1. The lowest BCUT2D eigenvalue weighted by Gasteiger charge is -2.11. The SMILES string of the molecule is COc1cccc(Cn2cc(NC(=O)C(C)n3cc(C(=O)O)cn3)cn2)c1. The average molecular weight is 369 g/mol. The van der Waals surface area contributed by atoms with Gasteiger partial charge < -0.3 is 15.2 Å². The van der Waals surface area contributed by atoms with Crippen LogP contribution < -0.4 is 10.1 Å². The Morgan fingerprint density at radius 1 is 1.26 bits per heavy atom. The van der Waals surface area contributed by atoms with Gasteiger partial charge in [-0.3, -0.25) is 14.2 Å². The van der Waals surface area contributed by atoms with Crippen molar-refractivity contribution < 1.29 is 19.4 Å². The minimum absolute atomic E-state index is 0.0285. The van der Waals surface area contributed by atoms with Gasteiger partial charge in [-0.15, -0.1) is 0 Å². The highest BCUT2D eigenvalue weighted by molar-refractivity contribution is 5.93. The van der Waals surface area contributed by atoms with Gasteiger partial charge in [0, 0.05) is 12.4 Å². The van der Waals surface area contributed by atoms with Crippen LogP contribution in [0.1, 0.15) is 28.9 Å². The highest BCUT2D eigenvalue weighted by Gasteiger charge is 2.18. The second-order valence-corrected chi connectivity index (χ2v) is 5.96. The molecule has 1 atom stereocenters. The number of carboxylic acids is 1. The highest BCUT2D eigenvalue weighted by atomic mass is 16.5. The van der Waals surface area contributed by atoms with E-state index in [4.69, 9.17) is 9.84 Å². The van der Waals surface area contributed by atoms with E-state index in [0.29, 0.717) is 12.2 Å². The first kappa shape index (κ1) is 18.2. The summed E-state index contributed by atoms with van der Waals surface area (Å²) in [7, 11) is 1.61. The molecule has 0 aliphatic heterocycles. The third kappa shape index (κ3) is 4.32. The lowest BCUT2D eigenvalue weighted by molar-refractivity contribution is -0.119. The van der Waals surface area contributed by atoms with Gasteiger partial charge in [0.05, 0.1) is 37.3 Å². The molecule has 0 saturated carbocycles. The second kappa shape index (κ2) is 7.73. The Bertz CT molecular complexity index is 962. The fraction of sp³-hybridized carbons (Fsp3) is 0.222. The van der Waals surface area contributed by atoms with Crippen molar-refractivity contribution in [2.75, 3.05) is 12.4 Å². The summed E-state index contributed by atoms with van der Waals surface area (Å²) in [6.07, 6.45) is 5.80. The molecule has 0 radical (unpaired) electrons. The first-order valence-corrected chi connectivity index (χ1v) is 8.20. The van der Waals surface area contributed by atoms with E-state index in [-0.39, 0.29) is 11.5 Å². The molecule has 0 aliphatic carbocycles. The van der Waals surface area contributed by atoms with Crippen LogP contribution in [-0.4, -0.2) is 43.7 Å². The topological polar surface area (TPSA) is 111 Å². The fourth-order valence-corrected chi connectivity index (χ4v) is 2.50. The van der Waals surface area contributed by atoms with Crippen LogP contribution in [0.25, 0.3) is 0 Å². The van der Waals surface area contributed by atoms with Crippen LogP contribution >= 0.6 is 0 Å². The fourth-order valence-electron chi connectivity index (χ4n) is 2.50. The zero-order chi connectivity index (χ0) is 19.4. The van der Waals surface area contributed by atoms with Crippen LogP contribution in [0.5, 0.6) is 5.75 Å². The summed E-state index contributed by atoms with van der Waals surface area (Å²) in [5, 5.41) is 19.9. The van der Waals surface area contributed by atoms with Crippen molar-refractivity contribution in [2.45, 2.75) is 19.5 Å².